The van der Waals surface area contributed by atoms with Crippen LogP contribution in [0.5, 0.6) is 11.6 Å². The molecule has 0 saturated heterocycles. The summed E-state index contributed by atoms with van der Waals surface area (Å²) in [5.74, 6) is -0.969. The number of aromatic nitrogens is 1. The Kier molecular flexibility index (Phi) is 6.78. The van der Waals surface area contributed by atoms with Gasteiger partial charge in [0.25, 0.3) is 5.91 Å². The average molecular weight is 448 g/mol. The van der Waals surface area contributed by atoms with Crippen molar-refractivity contribution in [2.24, 2.45) is 0 Å². The standard InChI is InChI=1S/C23H20F4N2O3/c1-13(14(2)30)29-21(31)16-11-20(15-4-3-5-18(24)10-15)22(28-12-16)32-19-8-6-17(7-9-19)23(25,26)27/h3-14,30H,1-2H3,(H,29,31)/t13-,14-/m1/s1. The lowest BCUT2D eigenvalue weighted by atomic mass is 10.0. The average Bonchev–Trinajstić information content (AvgIpc) is 2.73. The first-order valence-corrected chi connectivity index (χ1v) is 9.64. The zero-order valence-electron chi connectivity index (χ0n) is 17.2. The smallest absolute Gasteiger partial charge is 0.416 e. The number of nitrogens with zero attached hydrogens (tertiary/aromatic N) is 1. The van der Waals surface area contributed by atoms with Gasteiger partial charge in [-0.25, -0.2) is 9.37 Å². The molecule has 0 spiro atoms. The van der Waals surface area contributed by atoms with Gasteiger partial charge in [-0.05, 0) is 61.9 Å². The third kappa shape index (κ3) is 5.61. The molecule has 0 bridgehead atoms. The molecule has 2 N–H and O–H groups in total. The number of rotatable bonds is 6. The molecule has 0 aliphatic rings. The van der Waals surface area contributed by atoms with Crippen LogP contribution >= 0.6 is 0 Å². The highest BCUT2D eigenvalue weighted by Gasteiger charge is 2.30. The molecule has 0 fully saturated rings. The fourth-order valence-electron chi connectivity index (χ4n) is 2.75. The number of nitrogens with one attached hydrogen (secondary N) is 1. The largest absolute Gasteiger partial charge is 0.438 e. The number of amides is 1. The van der Waals surface area contributed by atoms with Crippen molar-refractivity contribution in [1.29, 1.82) is 0 Å². The van der Waals surface area contributed by atoms with Crippen LogP contribution in [0.4, 0.5) is 17.6 Å². The minimum atomic E-state index is -4.48. The van der Waals surface area contributed by atoms with E-state index in [0.717, 1.165) is 24.3 Å². The molecule has 1 amide bonds. The van der Waals surface area contributed by atoms with Gasteiger partial charge in [-0.1, -0.05) is 12.1 Å². The topological polar surface area (TPSA) is 71.5 Å². The Morgan fingerprint density at radius 2 is 1.78 bits per heavy atom. The van der Waals surface area contributed by atoms with Gasteiger partial charge in [0.1, 0.15) is 11.6 Å². The number of aliphatic hydroxyl groups excluding tert-OH is 1. The van der Waals surface area contributed by atoms with E-state index in [4.69, 9.17) is 4.74 Å². The zero-order chi connectivity index (χ0) is 23.5. The van der Waals surface area contributed by atoms with E-state index in [2.05, 4.69) is 10.3 Å². The van der Waals surface area contributed by atoms with Crippen LogP contribution in [0, 0.1) is 5.82 Å². The number of carbonyl (C=O) groups excluding carboxylic acids is 1. The lowest BCUT2D eigenvalue weighted by Crippen LogP contribution is -2.39. The summed E-state index contributed by atoms with van der Waals surface area (Å²) in [5.41, 5.74) is -0.0710. The Bertz CT molecular complexity index is 1100. The van der Waals surface area contributed by atoms with Crippen molar-refractivity contribution >= 4 is 5.91 Å². The summed E-state index contributed by atoms with van der Waals surface area (Å²) in [4.78, 5) is 16.7. The van der Waals surface area contributed by atoms with Crippen molar-refractivity contribution in [2.45, 2.75) is 32.2 Å². The molecule has 168 valence electrons. The SMILES string of the molecule is C[C@@H](O)[C@@H](C)NC(=O)c1cnc(Oc2ccc(C(F)(F)F)cc2)c(-c2cccc(F)c2)c1. The van der Waals surface area contributed by atoms with Crippen LogP contribution in [0.15, 0.2) is 60.8 Å². The first-order chi connectivity index (χ1) is 15.0. The van der Waals surface area contributed by atoms with E-state index in [1.54, 1.807) is 13.0 Å². The van der Waals surface area contributed by atoms with Crippen LogP contribution in [0.1, 0.15) is 29.8 Å². The Balaban J connectivity index is 1.97. The van der Waals surface area contributed by atoms with Gasteiger partial charge in [-0.15, -0.1) is 0 Å². The van der Waals surface area contributed by atoms with Crippen LogP contribution < -0.4 is 10.1 Å². The number of carbonyl (C=O) groups is 1. The van der Waals surface area contributed by atoms with Crippen molar-refractivity contribution in [3.05, 3.63) is 77.7 Å². The Morgan fingerprint density at radius 3 is 2.38 bits per heavy atom. The molecule has 0 unspecified atom stereocenters. The molecule has 2 atom stereocenters. The minimum absolute atomic E-state index is 0.0181. The number of ether oxygens (including phenoxy) is 1. The predicted molar refractivity (Wildman–Crippen MR) is 110 cm³/mol. The first kappa shape index (κ1) is 23.2. The van der Waals surface area contributed by atoms with E-state index in [1.165, 1.54) is 37.4 Å². The number of halogens is 4. The Morgan fingerprint density at radius 1 is 1.09 bits per heavy atom. The van der Waals surface area contributed by atoms with Crippen molar-refractivity contribution in [3.63, 3.8) is 0 Å². The molecule has 1 heterocycles. The highest BCUT2D eigenvalue weighted by molar-refractivity contribution is 5.95. The predicted octanol–water partition coefficient (Wildman–Crippen LogP) is 5.20. The molecule has 0 aliphatic carbocycles. The second-order valence-electron chi connectivity index (χ2n) is 7.21. The molecule has 0 aliphatic heterocycles. The summed E-state index contributed by atoms with van der Waals surface area (Å²) in [7, 11) is 0. The van der Waals surface area contributed by atoms with Crippen molar-refractivity contribution in [2.75, 3.05) is 0 Å². The van der Waals surface area contributed by atoms with Gasteiger partial charge in [-0.3, -0.25) is 4.79 Å². The van der Waals surface area contributed by atoms with Crippen molar-refractivity contribution in [3.8, 4) is 22.8 Å². The molecule has 0 radical (unpaired) electrons. The molecule has 2 aromatic carbocycles. The molecular formula is C23H20F4N2O3. The van der Waals surface area contributed by atoms with Gasteiger partial charge in [-0.2, -0.15) is 13.2 Å². The summed E-state index contributed by atoms with van der Waals surface area (Å²) >= 11 is 0. The van der Waals surface area contributed by atoms with Gasteiger partial charge < -0.3 is 15.2 Å². The molecule has 5 nitrogen and oxygen atoms in total. The molecule has 1 aromatic heterocycles. The van der Waals surface area contributed by atoms with Gasteiger partial charge >= 0.3 is 6.18 Å². The summed E-state index contributed by atoms with van der Waals surface area (Å²) < 4.78 is 57.8. The quantitative estimate of drug-likeness (QED) is 0.509. The normalized spacial score (nSPS) is 13.3. The van der Waals surface area contributed by atoms with E-state index in [0.29, 0.717) is 5.56 Å². The number of pyridine rings is 1. The third-order valence-electron chi connectivity index (χ3n) is 4.73. The van der Waals surface area contributed by atoms with E-state index >= 15 is 0 Å². The maximum atomic E-state index is 13.8. The summed E-state index contributed by atoms with van der Waals surface area (Å²) in [5, 5.41) is 12.2. The second kappa shape index (κ2) is 9.35. The van der Waals surface area contributed by atoms with Gasteiger partial charge in [0, 0.05) is 11.8 Å². The molecule has 9 heteroatoms. The van der Waals surface area contributed by atoms with Crippen LogP contribution in [0.2, 0.25) is 0 Å². The van der Waals surface area contributed by atoms with E-state index in [9.17, 15) is 27.5 Å². The fraction of sp³-hybridized carbons (Fsp3) is 0.217. The Labute approximate surface area is 181 Å². The van der Waals surface area contributed by atoms with Gasteiger partial charge in [0.05, 0.1) is 23.3 Å². The van der Waals surface area contributed by atoms with E-state index in [-0.39, 0.29) is 22.8 Å². The highest BCUT2D eigenvalue weighted by atomic mass is 19.4. The minimum Gasteiger partial charge on any atom is -0.438 e. The van der Waals surface area contributed by atoms with Crippen LogP contribution in [0.3, 0.4) is 0 Å². The number of benzene rings is 2. The maximum absolute atomic E-state index is 13.8. The molecule has 32 heavy (non-hydrogen) atoms. The summed E-state index contributed by atoms with van der Waals surface area (Å²) in [6.45, 7) is 3.16. The van der Waals surface area contributed by atoms with Gasteiger partial charge in [0.15, 0.2) is 0 Å². The molecular weight excluding hydrogens is 428 g/mol. The lowest BCUT2D eigenvalue weighted by molar-refractivity contribution is -0.137. The summed E-state index contributed by atoms with van der Waals surface area (Å²) in [6.07, 6.45) is -4.04. The fourth-order valence-corrected chi connectivity index (χ4v) is 2.75. The summed E-state index contributed by atoms with van der Waals surface area (Å²) in [6, 6.07) is 10.5. The van der Waals surface area contributed by atoms with Crippen LogP contribution in [-0.4, -0.2) is 28.1 Å². The second-order valence-corrected chi connectivity index (χ2v) is 7.21. The highest BCUT2D eigenvalue weighted by Crippen LogP contribution is 2.35. The number of hydrogen-bond acceptors (Lipinski definition) is 4. The molecule has 3 aromatic rings. The van der Waals surface area contributed by atoms with Crippen molar-refractivity contribution < 1.29 is 32.2 Å². The number of aliphatic hydroxyl groups is 1. The van der Waals surface area contributed by atoms with E-state index in [1.807, 2.05) is 0 Å². The molecule has 0 saturated carbocycles. The van der Waals surface area contributed by atoms with E-state index < -0.39 is 35.6 Å². The number of alkyl halides is 3. The van der Waals surface area contributed by atoms with Gasteiger partial charge in [0.2, 0.25) is 5.88 Å². The van der Waals surface area contributed by atoms with Crippen LogP contribution in [0.25, 0.3) is 11.1 Å². The lowest BCUT2D eigenvalue weighted by Gasteiger charge is -2.17. The number of hydrogen-bond donors (Lipinski definition) is 2. The maximum Gasteiger partial charge on any atom is 0.416 e. The van der Waals surface area contributed by atoms with Crippen molar-refractivity contribution in [1.82, 2.24) is 10.3 Å². The molecule has 3 rings (SSSR count). The monoisotopic (exact) mass is 448 g/mol. The first-order valence-electron chi connectivity index (χ1n) is 9.64. The van der Waals surface area contributed by atoms with Crippen LogP contribution in [-0.2, 0) is 6.18 Å². The Hall–Kier alpha value is -3.46. The zero-order valence-corrected chi connectivity index (χ0v) is 17.2. The third-order valence-corrected chi connectivity index (χ3v) is 4.73.